The molecule has 0 atom stereocenters. The molecule has 18 heteroatoms. The van der Waals surface area contributed by atoms with E-state index in [1.54, 1.807) is 34.0 Å². The summed E-state index contributed by atoms with van der Waals surface area (Å²) in [5.74, 6) is 0. The van der Waals surface area contributed by atoms with Crippen molar-refractivity contribution in [1.29, 1.82) is 0 Å². The van der Waals surface area contributed by atoms with E-state index in [0.717, 1.165) is 202 Å². The Morgan fingerprint density at radius 1 is 0.236 bits per heavy atom. The molecule has 0 radical (unpaired) electrons. The second-order valence-electron chi connectivity index (χ2n) is 28.6. The minimum Gasteiger partial charge on any atom is -0.346 e. The first-order chi connectivity index (χ1) is 59.5. The van der Waals surface area contributed by atoms with Gasteiger partial charge in [0.05, 0.1) is 32.6 Å². The third-order valence-corrected chi connectivity index (χ3v) is 24.6. The van der Waals surface area contributed by atoms with E-state index in [9.17, 15) is 0 Å². The van der Waals surface area contributed by atoms with E-state index in [1.807, 2.05) is 152 Å². The number of hydrogen-bond donors (Lipinski definition) is 0. The van der Waals surface area contributed by atoms with E-state index in [4.69, 9.17) is 19.9 Å². The SMILES string of the molecule is [Pt+2].[Pt+2].[Pt+2].[c-]1c(-c2ccccn2)cccc1-n1c2[c-]c(-c3nc4ccc(-c5ccccn5)cc4s3)ccc2c2ccccc21.[c-]1c(-c2ccccn2)cccc1-n1c2[c-]c(-c3nc4cccc(-c5ccccn5)c4s3)ccc2c2ccccc21.[c-]1c(-c2ccccn2)cccc1-n1c2[c-]c(-c3nc4ccccc4s3)c(-c3ccccn3)cc2c2ccccc21. The number of thiazole rings is 3. The summed E-state index contributed by atoms with van der Waals surface area (Å²) in [6, 6.07) is 134. The molecule has 12 aromatic heterocycles. The van der Waals surface area contributed by atoms with Crippen molar-refractivity contribution in [3.63, 3.8) is 0 Å². The zero-order valence-corrected chi connectivity index (χ0v) is 73.9. The zero-order valence-electron chi connectivity index (χ0n) is 64.7. The van der Waals surface area contributed by atoms with Crippen LogP contribution in [0.15, 0.2) is 365 Å². The molecule has 0 aliphatic heterocycles. The first kappa shape index (κ1) is 79.5. The fourth-order valence-electron chi connectivity index (χ4n) is 15.9. The number of para-hydroxylation sites is 4. The number of fused-ring (bicyclic) bond motifs is 12. The first-order valence-electron chi connectivity index (χ1n) is 39.1. The molecule has 0 aliphatic carbocycles. The molecular weight excluding hydrogens is 2110 g/mol. The molecule has 12 aromatic carbocycles. The number of pyridine rings is 6. The predicted molar refractivity (Wildman–Crippen MR) is 491 cm³/mol. The molecular formula is C105H60N12Pt3S3. The van der Waals surface area contributed by atoms with Gasteiger partial charge in [-0.05, 0) is 170 Å². The number of rotatable bonds is 12. The fourth-order valence-corrected chi connectivity index (χ4v) is 18.9. The first-order valence-corrected chi connectivity index (χ1v) is 41.6. The number of hydrogen-bond acceptors (Lipinski definition) is 12. The second-order valence-corrected chi connectivity index (χ2v) is 31.7. The standard InChI is InChI=1S/3C35H20N4S.3Pt/c1-3-16-32-25(12-1)27-21-26(30-14-6-8-19-37-30)28(35-38-31-15-2-4-17-34(31)40-35)22-33(27)39(32)24-11-9-10-23(20-24)29-13-5-7-18-36-29;1-2-16-32-26(11-1)27-18-17-24(35-38-31-15-8-12-28(34(31)40-35)30-14-4-6-20-37-30)22-33(27)39(32)25-10-7-9-23(21-25)29-13-3-5-19-36-29;1-2-13-32-27(10-1)28-16-14-25(35-38-31-17-15-24(22-34(31)40-35)30-12-4-6-19-37-30)21-33(28)39(32)26-9-7-8-23(20-26)29-11-3-5-18-36-29;;;/h1-19,21H;1-20H;1-19,22H;;;/q3*-2;3*+2. The van der Waals surface area contributed by atoms with E-state index in [0.29, 0.717) is 0 Å². The van der Waals surface area contributed by atoms with Crippen molar-refractivity contribution in [2.75, 3.05) is 0 Å². The predicted octanol–water partition coefficient (Wildman–Crippen LogP) is 26.3. The van der Waals surface area contributed by atoms with Gasteiger partial charge in [0.2, 0.25) is 0 Å². The zero-order chi connectivity index (χ0) is 79.4. The van der Waals surface area contributed by atoms with Crippen molar-refractivity contribution in [2.45, 2.75) is 0 Å². The minimum atomic E-state index is 0. The third kappa shape index (κ3) is 15.2. The Labute approximate surface area is 762 Å². The minimum absolute atomic E-state index is 0. The Morgan fingerprint density at radius 3 is 1.12 bits per heavy atom. The van der Waals surface area contributed by atoms with Crippen LogP contribution in [0.25, 0.3) is 212 Å². The molecule has 0 aliphatic rings. The summed E-state index contributed by atoms with van der Waals surface area (Å²) in [5, 5.41) is 9.71. The molecule has 0 N–H and O–H groups in total. The van der Waals surface area contributed by atoms with Gasteiger partial charge < -0.3 is 28.7 Å². The number of benzene rings is 12. The van der Waals surface area contributed by atoms with Crippen molar-refractivity contribution >= 4 is 130 Å². The summed E-state index contributed by atoms with van der Waals surface area (Å²) < 4.78 is 10.1. The quantitative estimate of drug-likeness (QED) is 0.110. The summed E-state index contributed by atoms with van der Waals surface area (Å²) in [6.45, 7) is 0. The molecule has 0 spiro atoms. The van der Waals surface area contributed by atoms with E-state index in [-0.39, 0.29) is 63.2 Å². The molecule has 123 heavy (non-hydrogen) atoms. The summed E-state index contributed by atoms with van der Waals surface area (Å²) in [7, 11) is 0. The van der Waals surface area contributed by atoms with Crippen LogP contribution in [0.3, 0.4) is 0 Å². The van der Waals surface area contributed by atoms with Gasteiger partial charge in [-0.15, -0.1) is 155 Å². The molecule has 12 heterocycles. The maximum absolute atomic E-state index is 5.02. The van der Waals surface area contributed by atoms with E-state index >= 15 is 0 Å². The summed E-state index contributed by atoms with van der Waals surface area (Å²) in [6.07, 6.45) is 10.9. The Kier molecular flexibility index (Phi) is 22.4. The van der Waals surface area contributed by atoms with Gasteiger partial charge in [-0.1, -0.05) is 161 Å². The van der Waals surface area contributed by atoms with Crippen molar-refractivity contribution in [1.82, 2.24) is 58.6 Å². The molecule has 0 bridgehead atoms. The summed E-state index contributed by atoms with van der Waals surface area (Å²) in [4.78, 5) is 42.5. The maximum Gasteiger partial charge on any atom is 2.00 e. The number of aromatic nitrogens is 12. The van der Waals surface area contributed by atoms with Gasteiger partial charge in [0.25, 0.3) is 0 Å². The average molecular weight is 2170 g/mol. The van der Waals surface area contributed by atoms with Crippen LogP contribution in [0.2, 0.25) is 0 Å². The Hall–Kier alpha value is -13.3. The monoisotopic (exact) mass is 2170 g/mol. The van der Waals surface area contributed by atoms with Crippen LogP contribution >= 0.6 is 34.0 Å². The van der Waals surface area contributed by atoms with Crippen molar-refractivity contribution in [2.24, 2.45) is 0 Å². The van der Waals surface area contributed by atoms with Gasteiger partial charge in [-0.25, -0.2) is 0 Å². The molecule has 24 rings (SSSR count). The van der Waals surface area contributed by atoms with Crippen molar-refractivity contribution in [3.8, 4) is 116 Å². The third-order valence-electron chi connectivity index (χ3n) is 21.4. The van der Waals surface area contributed by atoms with Crippen LogP contribution in [0, 0.1) is 36.4 Å². The topological polar surface area (TPSA) is 131 Å². The van der Waals surface area contributed by atoms with Crippen LogP contribution in [0.4, 0.5) is 0 Å². The van der Waals surface area contributed by atoms with Crippen LogP contribution < -0.4 is 0 Å². The van der Waals surface area contributed by atoms with E-state index in [2.05, 4.69) is 287 Å². The fraction of sp³-hybridized carbons (Fsp3) is 0. The second kappa shape index (κ2) is 34.7. The van der Waals surface area contributed by atoms with Gasteiger partial charge in [-0.2, -0.15) is 34.0 Å². The van der Waals surface area contributed by atoms with E-state index in [1.165, 1.54) is 10.8 Å². The van der Waals surface area contributed by atoms with Gasteiger partial charge in [0, 0.05) is 95.0 Å². The Bertz CT molecular complexity index is 7970. The molecule has 12 nitrogen and oxygen atoms in total. The molecule has 24 aromatic rings. The van der Waals surface area contributed by atoms with E-state index < -0.39 is 0 Å². The largest absolute Gasteiger partial charge is 2.00 e. The molecule has 0 amide bonds. The van der Waals surface area contributed by atoms with Gasteiger partial charge in [-0.3, -0.25) is 29.9 Å². The molecule has 588 valence electrons. The molecule has 0 saturated carbocycles. The normalized spacial score (nSPS) is 11.2. The smallest absolute Gasteiger partial charge is 0.346 e. The van der Waals surface area contributed by atoms with Crippen LogP contribution in [0.5, 0.6) is 0 Å². The average Bonchev–Trinajstić information content (AvgIpc) is 1.58. The van der Waals surface area contributed by atoms with Crippen LogP contribution in [-0.4, -0.2) is 58.6 Å². The van der Waals surface area contributed by atoms with Crippen LogP contribution in [0.1, 0.15) is 0 Å². The summed E-state index contributed by atoms with van der Waals surface area (Å²) >= 11 is 5.04. The van der Waals surface area contributed by atoms with Crippen LogP contribution in [-0.2, 0) is 63.2 Å². The molecule has 0 saturated heterocycles. The maximum atomic E-state index is 5.02. The van der Waals surface area contributed by atoms with Crippen molar-refractivity contribution in [3.05, 3.63) is 401 Å². The molecule has 0 unspecified atom stereocenters. The van der Waals surface area contributed by atoms with Gasteiger partial charge in [0.1, 0.15) is 0 Å². The van der Waals surface area contributed by atoms with Gasteiger partial charge >= 0.3 is 63.2 Å². The van der Waals surface area contributed by atoms with Crippen molar-refractivity contribution < 1.29 is 63.2 Å². The Morgan fingerprint density at radius 2 is 0.626 bits per heavy atom. The summed E-state index contributed by atoms with van der Waals surface area (Å²) in [5.41, 5.74) is 26.5. The molecule has 0 fully saturated rings. The Balaban J connectivity index is 0.000000120. The van der Waals surface area contributed by atoms with Gasteiger partial charge in [0.15, 0.2) is 0 Å². The number of nitrogens with zero attached hydrogens (tertiary/aromatic N) is 12.